The first-order valence-corrected chi connectivity index (χ1v) is 6.13. The highest BCUT2D eigenvalue weighted by atomic mass is 32.1. The molecule has 2 heterocycles. The van der Waals surface area contributed by atoms with Gasteiger partial charge in [-0.15, -0.1) is 11.3 Å². The molecule has 0 fully saturated rings. The molecule has 18 heavy (non-hydrogen) atoms. The first-order chi connectivity index (χ1) is 8.69. The van der Waals surface area contributed by atoms with E-state index in [4.69, 9.17) is 0 Å². The van der Waals surface area contributed by atoms with E-state index >= 15 is 0 Å². The van der Waals surface area contributed by atoms with Crippen LogP contribution in [0.3, 0.4) is 0 Å². The number of ether oxygens (including phenoxy) is 1. The Kier molecular flexibility index (Phi) is 3.83. The number of esters is 1. The van der Waals surface area contributed by atoms with E-state index in [1.165, 1.54) is 13.3 Å². The van der Waals surface area contributed by atoms with Crippen LogP contribution in [0.1, 0.15) is 21.3 Å². The first kappa shape index (κ1) is 12.4. The number of nitrogens with one attached hydrogen (secondary N) is 1. The van der Waals surface area contributed by atoms with Gasteiger partial charge < -0.3 is 10.1 Å². The molecule has 0 unspecified atom stereocenters. The fourth-order valence-corrected chi connectivity index (χ4v) is 1.93. The van der Waals surface area contributed by atoms with Gasteiger partial charge in [0.05, 0.1) is 24.4 Å². The average molecular weight is 264 g/mol. The molecule has 0 aliphatic carbocycles. The molecule has 7 heteroatoms. The van der Waals surface area contributed by atoms with Crippen LogP contribution in [0, 0.1) is 6.92 Å². The minimum atomic E-state index is -0.553. The number of thiazole rings is 1. The molecular formula is C11H12N4O2S. The van der Waals surface area contributed by atoms with Crippen molar-refractivity contribution >= 4 is 23.1 Å². The van der Waals surface area contributed by atoms with Crippen molar-refractivity contribution < 1.29 is 9.53 Å². The maximum absolute atomic E-state index is 11.3. The number of carbonyl (C=O) groups is 1. The Balaban J connectivity index is 2.03. The zero-order chi connectivity index (χ0) is 13.0. The third-order valence-electron chi connectivity index (χ3n) is 2.14. The highest BCUT2D eigenvalue weighted by Crippen LogP contribution is 2.10. The van der Waals surface area contributed by atoms with Crippen molar-refractivity contribution in [1.82, 2.24) is 15.0 Å². The van der Waals surface area contributed by atoms with Crippen LogP contribution in [0.4, 0.5) is 5.82 Å². The lowest BCUT2D eigenvalue weighted by Crippen LogP contribution is -2.10. The number of aromatic nitrogens is 3. The number of nitrogens with zero attached hydrogens (tertiary/aromatic N) is 3. The molecule has 0 atom stereocenters. The molecule has 94 valence electrons. The fraction of sp³-hybridized carbons (Fsp3) is 0.273. The van der Waals surface area contributed by atoms with Crippen molar-refractivity contribution in [1.29, 1.82) is 0 Å². The first-order valence-electron chi connectivity index (χ1n) is 5.25. The van der Waals surface area contributed by atoms with Crippen molar-refractivity contribution in [3.05, 3.63) is 34.2 Å². The average Bonchev–Trinajstić information content (AvgIpc) is 2.81. The molecule has 6 nitrogen and oxygen atoms in total. The monoisotopic (exact) mass is 264 g/mol. The van der Waals surface area contributed by atoms with Crippen molar-refractivity contribution in [3.63, 3.8) is 0 Å². The quantitative estimate of drug-likeness (QED) is 0.846. The maximum atomic E-state index is 11.3. The molecule has 0 bridgehead atoms. The zero-order valence-electron chi connectivity index (χ0n) is 10.0. The topological polar surface area (TPSA) is 77.0 Å². The molecule has 0 aliphatic rings. The Labute approximate surface area is 108 Å². The Morgan fingerprint density at radius 3 is 3.00 bits per heavy atom. The summed E-state index contributed by atoms with van der Waals surface area (Å²) in [5, 5.41) is 6.07. The third kappa shape index (κ3) is 3.01. The lowest BCUT2D eigenvalue weighted by Gasteiger charge is -2.04. The van der Waals surface area contributed by atoms with Crippen LogP contribution >= 0.6 is 11.3 Å². The molecule has 2 aromatic rings. The molecule has 2 aromatic heterocycles. The molecule has 0 saturated carbocycles. The molecule has 0 radical (unpaired) electrons. The standard InChI is InChI=1S/C11H12N4O2S/c1-7-14-8(6-18-7)5-13-9-3-4-12-10(15-9)11(16)17-2/h3-4,6H,5H2,1-2H3,(H,12,13,15). The minimum absolute atomic E-state index is 0.0389. The van der Waals surface area contributed by atoms with E-state index in [9.17, 15) is 4.79 Å². The van der Waals surface area contributed by atoms with Crippen LogP contribution in [0.2, 0.25) is 0 Å². The summed E-state index contributed by atoms with van der Waals surface area (Å²) >= 11 is 1.59. The van der Waals surface area contributed by atoms with E-state index in [0.29, 0.717) is 12.4 Å². The number of rotatable bonds is 4. The Morgan fingerprint density at radius 2 is 2.33 bits per heavy atom. The molecule has 0 aromatic carbocycles. The number of carbonyl (C=O) groups excluding carboxylic acids is 1. The SMILES string of the molecule is COC(=O)c1nccc(NCc2csc(C)n2)n1. The predicted octanol–water partition coefficient (Wildman–Crippen LogP) is 1.64. The van der Waals surface area contributed by atoms with Gasteiger partial charge >= 0.3 is 5.97 Å². The molecule has 0 amide bonds. The van der Waals surface area contributed by atoms with E-state index in [1.54, 1.807) is 17.4 Å². The van der Waals surface area contributed by atoms with Crippen molar-refractivity contribution in [3.8, 4) is 0 Å². The molecule has 1 N–H and O–H groups in total. The van der Waals surface area contributed by atoms with Gasteiger partial charge in [-0.1, -0.05) is 0 Å². The molecule has 0 spiro atoms. The van der Waals surface area contributed by atoms with Gasteiger partial charge in [0.15, 0.2) is 0 Å². The summed E-state index contributed by atoms with van der Waals surface area (Å²) in [6.45, 7) is 2.51. The molecule has 0 aliphatic heterocycles. The fourth-order valence-electron chi connectivity index (χ4n) is 1.32. The van der Waals surface area contributed by atoms with Crippen molar-refractivity contribution in [2.45, 2.75) is 13.5 Å². The van der Waals surface area contributed by atoms with E-state index in [-0.39, 0.29) is 5.82 Å². The normalized spacial score (nSPS) is 10.1. The van der Waals surface area contributed by atoms with Crippen LogP contribution in [0.5, 0.6) is 0 Å². The zero-order valence-corrected chi connectivity index (χ0v) is 10.8. The van der Waals surface area contributed by atoms with Gasteiger partial charge in [-0.25, -0.2) is 19.7 Å². The second kappa shape index (κ2) is 5.54. The molecule has 0 saturated heterocycles. The van der Waals surface area contributed by atoms with Crippen LogP contribution in [0.15, 0.2) is 17.6 Å². The van der Waals surface area contributed by atoms with Gasteiger partial charge in [0.2, 0.25) is 5.82 Å². The number of hydrogen-bond donors (Lipinski definition) is 1. The lowest BCUT2D eigenvalue weighted by atomic mass is 10.4. The van der Waals surface area contributed by atoms with Gasteiger partial charge in [-0.3, -0.25) is 0 Å². The van der Waals surface area contributed by atoms with E-state index in [2.05, 4.69) is 25.0 Å². The summed E-state index contributed by atoms with van der Waals surface area (Å²) in [5.74, 6) is 0.0520. The summed E-state index contributed by atoms with van der Waals surface area (Å²) in [5.41, 5.74) is 0.940. The van der Waals surface area contributed by atoms with Gasteiger partial charge in [-0.2, -0.15) is 0 Å². The molecular weight excluding hydrogens is 252 g/mol. The van der Waals surface area contributed by atoms with Gasteiger partial charge in [0.1, 0.15) is 5.82 Å². The summed E-state index contributed by atoms with van der Waals surface area (Å²) in [7, 11) is 1.30. The van der Waals surface area contributed by atoms with Gasteiger partial charge in [0.25, 0.3) is 0 Å². The van der Waals surface area contributed by atoms with Gasteiger partial charge in [-0.05, 0) is 13.0 Å². The lowest BCUT2D eigenvalue weighted by molar-refractivity contribution is 0.0587. The smallest absolute Gasteiger partial charge is 0.376 e. The van der Waals surface area contributed by atoms with Gasteiger partial charge in [0, 0.05) is 11.6 Å². The number of aryl methyl sites for hydroxylation is 1. The number of hydrogen-bond acceptors (Lipinski definition) is 7. The Hall–Kier alpha value is -2.02. The highest BCUT2D eigenvalue weighted by Gasteiger charge is 2.09. The summed E-state index contributed by atoms with van der Waals surface area (Å²) in [6.07, 6.45) is 1.51. The van der Waals surface area contributed by atoms with E-state index in [1.807, 2.05) is 12.3 Å². The third-order valence-corrected chi connectivity index (χ3v) is 2.96. The second-order valence-electron chi connectivity index (χ2n) is 3.47. The van der Waals surface area contributed by atoms with Crippen molar-refractivity contribution in [2.24, 2.45) is 0 Å². The minimum Gasteiger partial charge on any atom is -0.463 e. The largest absolute Gasteiger partial charge is 0.463 e. The maximum Gasteiger partial charge on any atom is 0.376 e. The van der Waals surface area contributed by atoms with Crippen LogP contribution in [0.25, 0.3) is 0 Å². The summed E-state index contributed by atoms with van der Waals surface area (Å²) in [6, 6.07) is 1.69. The van der Waals surface area contributed by atoms with Crippen molar-refractivity contribution in [2.75, 3.05) is 12.4 Å². The predicted molar refractivity (Wildman–Crippen MR) is 67.5 cm³/mol. The summed E-state index contributed by atoms with van der Waals surface area (Å²) in [4.78, 5) is 23.5. The van der Waals surface area contributed by atoms with E-state index < -0.39 is 5.97 Å². The van der Waals surface area contributed by atoms with Crippen LogP contribution in [-0.2, 0) is 11.3 Å². The van der Waals surface area contributed by atoms with Crippen LogP contribution in [-0.4, -0.2) is 28.0 Å². The highest BCUT2D eigenvalue weighted by molar-refractivity contribution is 7.09. The second-order valence-corrected chi connectivity index (χ2v) is 4.53. The molecule has 2 rings (SSSR count). The Bertz CT molecular complexity index is 555. The number of anilines is 1. The van der Waals surface area contributed by atoms with E-state index in [0.717, 1.165) is 10.7 Å². The van der Waals surface area contributed by atoms with Crippen LogP contribution < -0.4 is 5.32 Å². The Morgan fingerprint density at radius 1 is 1.50 bits per heavy atom. The summed E-state index contributed by atoms with van der Waals surface area (Å²) < 4.78 is 4.55. The number of methoxy groups -OCH3 is 1.